The summed E-state index contributed by atoms with van der Waals surface area (Å²) in [5.41, 5.74) is 0.471. The molecule has 0 saturated heterocycles. The zero-order valence-corrected chi connectivity index (χ0v) is 10.9. The topological polar surface area (TPSA) is 92.4 Å². The summed E-state index contributed by atoms with van der Waals surface area (Å²) in [6.07, 6.45) is 1.40. The number of hydrogen-bond acceptors (Lipinski definition) is 5. The fourth-order valence-corrected chi connectivity index (χ4v) is 2.08. The van der Waals surface area contributed by atoms with E-state index in [-0.39, 0.29) is 6.42 Å². The van der Waals surface area contributed by atoms with Crippen LogP contribution in [0.4, 0.5) is 0 Å². The van der Waals surface area contributed by atoms with Crippen LogP contribution in [0.25, 0.3) is 10.8 Å². The Hall–Kier alpha value is -2.15. The Labute approximate surface area is 113 Å². The van der Waals surface area contributed by atoms with Crippen molar-refractivity contribution in [2.24, 2.45) is 0 Å². The third kappa shape index (κ3) is 3.41. The molecule has 0 fully saturated rings. The number of aliphatic carboxylic acids is 1. The molecule has 2 rings (SSSR count). The van der Waals surface area contributed by atoms with E-state index in [9.17, 15) is 9.59 Å². The monoisotopic (exact) mass is 280 g/mol. The molecule has 19 heavy (non-hydrogen) atoms. The zero-order chi connectivity index (χ0) is 13.8. The molecular formula is C12H12N2O4S. The highest BCUT2D eigenvalue weighted by Crippen LogP contribution is 2.23. The lowest BCUT2D eigenvalue weighted by Crippen LogP contribution is -2.39. The van der Waals surface area contributed by atoms with Crippen LogP contribution in [0.1, 0.15) is 12.6 Å². The number of hydrogen-bond donors (Lipinski definition) is 2. The Morgan fingerprint density at radius 3 is 3.00 bits per heavy atom. The van der Waals surface area contributed by atoms with Crippen LogP contribution in [0.3, 0.4) is 0 Å². The van der Waals surface area contributed by atoms with Crippen LogP contribution in [0.2, 0.25) is 0 Å². The van der Waals surface area contributed by atoms with E-state index in [1.807, 2.05) is 17.5 Å². The summed E-state index contributed by atoms with van der Waals surface area (Å²) in [6, 6.07) is 2.83. The number of thiophene rings is 1. The standard InChI is InChI=1S/C12H12N2O4S/c1-7(12(16)17)13-10(15)5-8-6-18-11(14-8)9-3-2-4-19-9/h2-4,6-7H,5H2,1H3,(H,13,15)(H,16,17). The van der Waals surface area contributed by atoms with Crippen molar-refractivity contribution in [2.75, 3.05) is 0 Å². The molecule has 0 aliphatic heterocycles. The molecule has 2 aromatic heterocycles. The van der Waals surface area contributed by atoms with E-state index in [2.05, 4.69) is 10.3 Å². The number of aromatic nitrogens is 1. The average molecular weight is 280 g/mol. The maximum absolute atomic E-state index is 11.6. The van der Waals surface area contributed by atoms with E-state index in [1.165, 1.54) is 24.5 Å². The number of amides is 1. The van der Waals surface area contributed by atoms with Crippen LogP contribution >= 0.6 is 11.3 Å². The van der Waals surface area contributed by atoms with Crippen LogP contribution in [0.15, 0.2) is 28.2 Å². The first-order valence-electron chi connectivity index (χ1n) is 5.56. The summed E-state index contributed by atoms with van der Waals surface area (Å²) in [5.74, 6) is -1.02. The molecular weight excluding hydrogens is 268 g/mol. The number of carboxylic acid groups (broad SMARTS) is 1. The maximum Gasteiger partial charge on any atom is 0.325 e. The zero-order valence-electron chi connectivity index (χ0n) is 10.1. The van der Waals surface area contributed by atoms with E-state index in [4.69, 9.17) is 9.52 Å². The molecule has 1 atom stereocenters. The molecule has 6 nitrogen and oxygen atoms in total. The Morgan fingerprint density at radius 2 is 2.37 bits per heavy atom. The maximum atomic E-state index is 11.6. The Morgan fingerprint density at radius 1 is 1.58 bits per heavy atom. The minimum Gasteiger partial charge on any atom is -0.480 e. The van der Waals surface area contributed by atoms with Crippen molar-refractivity contribution in [1.29, 1.82) is 0 Å². The van der Waals surface area contributed by atoms with E-state index in [0.29, 0.717) is 11.6 Å². The number of carbonyl (C=O) groups excluding carboxylic acids is 1. The summed E-state index contributed by atoms with van der Waals surface area (Å²) in [6.45, 7) is 1.40. The van der Waals surface area contributed by atoms with Gasteiger partial charge in [-0.2, -0.15) is 0 Å². The highest BCUT2D eigenvalue weighted by molar-refractivity contribution is 7.13. The van der Waals surface area contributed by atoms with Gasteiger partial charge in [-0.15, -0.1) is 11.3 Å². The molecule has 2 aromatic rings. The summed E-state index contributed by atoms with van der Waals surface area (Å²) in [4.78, 5) is 27.2. The molecule has 100 valence electrons. The molecule has 0 radical (unpaired) electrons. The largest absolute Gasteiger partial charge is 0.480 e. The van der Waals surface area contributed by atoms with Gasteiger partial charge in [0.05, 0.1) is 17.0 Å². The highest BCUT2D eigenvalue weighted by atomic mass is 32.1. The highest BCUT2D eigenvalue weighted by Gasteiger charge is 2.16. The first-order chi connectivity index (χ1) is 9.06. The van der Waals surface area contributed by atoms with Gasteiger partial charge >= 0.3 is 5.97 Å². The lowest BCUT2D eigenvalue weighted by Gasteiger charge is -2.07. The number of nitrogens with zero attached hydrogens (tertiary/aromatic N) is 1. The Kier molecular flexibility index (Phi) is 3.96. The third-order valence-electron chi connectivity index (χ3n) is 2.37. The molecule has 0 spiro atoms. The summed E-state index contributed by atoms with van der Waals surface area (Å²) < 4.78 is 5.27. The quantitative estimate of drug-likeness (QED) is 0.866. The van der Waals surface area contributed by atoms with Gasteiger partial charge in [-0.3, -0.25) is 9.59 Å². The van der Waals surface area contributed by atoms with Crippen molar-refractivity contribution < 1.29 is 19.1 Å². The van der Waals surface area contributed by atoms with Gasteiger partial charge in [0.15, 0.2) is 0 Å². The van der Waals surface area contributed by atoms with Crippen LogP contribution < -0.4 is 5.32 Å². The van der Waals surface area contributed by atoms with Gasteiger partial charge in [0, 0.05) is 0 Å². The number of rotatable bonds is 5. The smallest absolute Gasteiger partial charge is 0.325 e. The Balaban J connectivity index is 1.97. The normalized spacial score (nSPS) is 12.1. The van der Waals surface area contributed by atoms with Crippen molar-refractivity contribution in [3.63, 3.8) is 0 Å². The average Bonchev–Trinajstić information content (AvgIpc) is 2.97. The van der Waals surface area contributed by atoms with Crippen molar-refractivity contribution in [2.45, 2.75) is 19.4 Å². The van der Waals surface area contributed by atoms with Crippen molar-refractivity contribution >= 4 is 23.2 Å². The minimum atomic E-state index is -1.08. The second kappa shape index (κ2) is 5.66. The van der Waals surface area contributed by atoms with Crippen LogP contribution in [-0.4, -0.2) is 28.0 Å². The van der Waals surface area contributed by atoms with Gasteiger partial charge in [0.25, 0.3) is 0 Å². The molecule has 0 bridgehead atoms. The lowest BCUT2D eigenvalue weighted by molar-refractivity contribution is -0.141. The molecule has 2 heterocycles. The second-order valence-corrected chi connectivity index (χ2v) is 4.87. The lowest BCUT2D eigenvalue weighted by atomic mass is 10.3. The predicted octanol–water partition coefficient (Wildman–Crippen LogP) is 1.53. The molecule has 1 amide bonds. The Bertz CT molecular complexity index is 576. The number of nitrogens with one attached hydrogen (secondary N) is 1. The van der Waals surface area contributed by atoms with Gasteiger partial charge in [0.1, 0.15) is 12.3 Å². The number of carbonyl (C=O) groups is 2. The number of carboxylic acids is 1. The van der Waals surface area contributed by atoms with Gasteiger partial charge < -0.3 is 14.8 Å². The molecule has 0 aliphatic carbocycles. The molecule has 1 unspecified atom stereocenters. The van der Waals surface area contributed by atoms with Crippen molar-refractivity contribution in [1.82, 2.24) is 10.3 Å². The van der Waals surface area contributed by atoms with E-state index in [0.717, 1.165) is 4.88 Å². The SMILES string of the molecule is CC(NC(=O)Cc1coc(-c2cccs2)n1)C(=O)O. The predicted molar refractivity (Wildman–Crippen MR) is 68.8 cm³/mol. The van der Waals surface area contributed by atoms with E-state index >= 15 is 0 Å². The van der Waals surface area contributed by atoms with Gasteiger partial charge in [-0.05, 0) is 18.4 Å². The molecule has 0 aromatic carbocycles. The van der Waals surface area contributed by atoms with Crippen LogP contribution in [0.5, 0.6) is 0 Å². The molecule has 2 N–H and O–H groups in total. The van der Waals surface area contributed by atoms with Crippen LogP contribution in [0, 0.1) is 0 Å². The second-order valence-electron chi connectivity index (χ2n) is 3.93. The van der Waals surface area contributed by atoms with Crippen molar-refractivity contribution in [3.05, 3.63) is 29.5 Å². The van der Waals surface area contributed by atoms with E-state index in [1.54, 1.807) is 0 Å². The van der Waals surface area contributed by atoms with Crippen molar-refractivity contribution in [3.8, 4) is 10.8 Å². The summed E-state index contributed by atoms with van der Waals surface area (Å²) in [7, 11) is 0. The molecule has 0 saturated carbocycles. The number of oxazole rings is 1. The molecule has 0 aliphatic rings. The van der Waals surface area contributed by atoms with E-state index < -0.39 is 17.9 Å². The van der Waals surface area contributed by atoms with Gasteiger partial charge in [0.2, 0.25) is 11.8 Å². The summed E-state index contributed by atoms with van der Waals surface area (Å²) >= 11 is 1.49. The minimum absolute atomic E-state index is 0.00745. The fourth-order valence-electron chi connectivity index (χ4n) is 1.42. The van der Waals surface area contributed by atoms with Crippen LogP contribution in [-0.2, 0) is 16.0 Å². The fraction of sp³-hybridized carbons (Fsp3) is 0.250. The first-order valence-corrected chi connectivity index (χ1v) is 6.44. The summed E-state index contributed by atoms with van der Waals surface area (Å²) in [5, 5.41) is 12.9. The van der Waals surface area contributed by atoms with Gasteiger partial charge in [-0.25, -0.2) is 4.98 Å². The third-order valence-corrected chi connectivity index (χ3v) is 3.23. The molecule has 7 heteroatoms. The first kappa shape index (κ1) is 13.3. The van der Waals surface area contributed by atoms with Gasteiger partial charge in [-0.1, -0.05) is 6.07 Å².